The molecule has 0 unspecified atom stereocenters. The van der Waals surface area contributed by atoms with Gasteiger partial charge in [-0.25, -0.2) is 9.37 Å². The van der Waals surface area contributed by atoms with Crippen LogP contribution < -0.4 is 4.74 Å². The summed E-state index contributed by atoms with van der Waals surface area (Å²) in [7, 11) is 0. The second-order valence-corrected chi connectivity index (χ2v) is 6.94. The highest BCUT2D eigenvalue weighted by molar-refractivity contribution is 7.15. The van der Waals surface area contributed by atoms with Gasteiger partial charge in [0.1, 0.15) is 16.6 Å². The first kappa shape index (κ1) is 18.4. The molecule has 0 radical (unpaired) electrons. The van der Waals surface area contributed by atoms with Crippen LogP contribution in [0.15, 0.2) is 42.5 Å². The van der Waals surface area contributed by atoms with E-state index in [4.69, 9.17) is 16.3 Å². The molecule has 7 heteroatoms. The summed E-state index contributed by atoms with van der Waals surface area (Å²) >= 11 is 7.01. The summed E-state index contributed by atoms with van der Waals surface area (Å²) in [4.78, 5) is 16.3. The average molecular weight is 392 g/mol. The molecule has 0 fully saturated rings. The zero-order valence-corrected chi connectivity index (χ0v) is 15.4. The van der Waals surface area contributed by atoms with Gasteiger partial charge in [0.25, 0.3) is 0 Å². The summed E-state index contributed by atoms with van der Waals surface area (Å²) in [5.74, 6) is -0.790. The van der Waals surface area contributed by atoms with E-state index in [1.165, 1.54) is 23.5 Å². The normalized spacial score (nSPS) is 10.7. The lowest BCUT2D eigenvalue weighted by molar-refractivity contribution is -0.136. The molecular weight excluding hydrogens is 377 g/mol. The van der Waals surface area contributed by atoms with Gasteiger partial charge in [-0.3, -0.25) is 4.79 Å². The maximum Gasteiger partial charge on any atom is 0.308 e. The van der Waals surface area contributed by atoms with E-state index in [-0.39, 0.29) is 11.4 Å². The van der Waals surface area contributed by atoms with Crippen LogP contribution in [-0.4, -0.2) is 22.7 Å². The van der Waals surface area contributed by atoms with Crippen molar-refractivity contribution in [3.05, 3.63) is 58.2 Å². The lowest BCUT2D eigenvalue weighted by Gasteiger charge is -2.03. The second-order valence-electron chi connectivity index (χ2n) is 5.45. The molecule has 0 atom stereocenters. The van der Waals surface area contributed by atoms with Crippen LogP contribution >= 0.6 is 22.9 Å². The fraction of sp³-hybridized carbons (Fsp3) is 0.158. The van der Waals surface area contributed by atoms with Crippen LogP contribution in [0.25, 0.3) is 21.8 Å². The maximum absolute atomic E-state index is 13.8. The minimum atomic E-state index is -0.970. The third-order valence-electron chi connectivity index (χ3n) is 3.61. The summed E-state index contributed by atoms with van der Waals surface area (Å²) < 4.78 is 19.2. The number of hydrogen-bond acceptors (Lipinski definition) is 4. The van der Waals surface area contributed by atoms with Gasteiger partial charge in [-0.05, 0) is 43.3 Å². The van der Waals surface area contributed by atoms with Gasteiger partial charge in [0.2, 0.25) is 0 Å². The van der Waals surface area contributed by atoms with E-state index in [9.17, 15) is 14.3 Å². The second kappa shape index (κ2) is 7.85. The summed E-state index contributed by atoms with van der Waals surface area (Å²) in [5, 5.41) is 9.85. The molecule has 0 saturated carbocycles. The third kappa shape index (κ3) is 4.03. The van der Waals surface area contributed by atoms with Gasteiger partial charge in [-0.1, -0.05) is 17.7 Å². The molecule has 3 rings (SSSR count). The molecule has 0 amide bonds. The molecule has 0 aliphatic heterocycles. The predicted octanol–water partition coefficient (Wildman–Crippen LogP) is 5.30. The summed E-state index contributed by atoms with van der Waals surface area (Å²) in [5.41, 5.74) is 1.79. The number of nitrogens with zero attached hydrogens (tertiary/aromatic N) is 1. The largest absolute Gasteiger partial charge is 0.494 e. The highest BCUT2D eigenvalue weighted by Crippen LogP contribution is 2.35. The summed E-state index contributed by atoms with van der Waals surface area (Å²) in [6, 6.07) is 11.7. The number of hydrogen-bond donors (Lipinski definition) is 1. The van der Waals surface area contributed by atoms with Crippen molar-refractivity contribution >= 4 is 28.9 Å². The van der Waals surface area contributed by atoms with Crippen molar-refractivity contribution in [1.29, 1.82) is 0 Å². The fourth-order valence-electron chi connectivity index (χ4n) is 2.46. The minimum Gasteiger partial charge on any atom is -0.494 e. The van der Waals surface area contributed by atoms with Gasteiger partial charge in [-0.15, -0.1) is 11.3 Å². The van der Waals surface area contributed by atoms with Crippen LogP contribution in [-0.2, 0) is 11.2 Å². The lowest BCUT2D eigenvalue weighted by Crippen LogP contribution is -1.99. The molecule has 26 heavy (non-hydrogen) atoms. The van der Waals surface area contributed by atoms with Gasteiger partial charge >= 0.3 is 5.97 Å². The molecule has 134 valence electrons. The highest BCUT2D eigenvalue weighted by atomic mass is 35.5. The van der Waals surface area contributed by atoms with E-state index in [1.807, 2.05) is 31.2 Å². The number of thiazole rings is 1. The van der Waals surface area contributed by atoms with Crippen LogP contribution in [0.2, 0.25) is 5.02 Å². The smallest absolute Gasteiger partial charge is 0.308 e. The van der Waals surface area contributed by atoms with Crippen molar-refractivity contribution in [3.8, 4) is 27.6 Å². The fourth-order valence-corrected chi connectivity index (χ4v) is 3.66. The molecule has 3 aromatic rings. The third-order valence-corrected chi connectivity index (χ3v) is 5.03. The van der Waals surface area contributed by atoms with Gasteiger partial charge < -0.3 is 9.84 Å². The number of rotatable bonds is 6. The Morgan fingerprint density at radius 3 is 2.54 bits per heavy atom. The Balaban J connectivity index is 2.03. The Kier molecular flexibility index (Phi) is 5.54. The number of carboxylic acids is 1. The number of ether oxygens (including phenoxy) is 1. The number of carbonyl (C=O) groups is 1. The number of aliphatic carboxylic acids is 1. The van der Waals surface area contributed by atoms with Crippen LogP contribution in [0, 0.1) is 5.82 Å². The van der Waals surface area contributed by atoms with E-state index < -0.39 is 11.8 Å². The monoisotopic (exact) mass is 391 g/mol. The Morgan fingerprint density at radius 2 is 1.92 bits per heavy atom. The molecule has 4 nitrogen and oxygen atoms in total. The summed E-state index contributed by atoms with van der Waals surface area (Å²) in [6.45, 7) is 2.48. The average Bonchev–Trinajstić information content (AvgIpc) is 3.01. The maximum atomic E-state index is 13.8. The Hall–Kier alpha value is -2.44. The predicted molar refractivity (Wildman–Crippen MR) is 100 cm³/mol. The molecule has 0 bridgehead atoms. The zero-order chi connectivity index (χ0) is 18.7. The topological polar surface area (TPSA) is 59.4 Å². The van der Waals surface area contributed by atoms with Crippen molar-refractivity contribution in [3.63, 3.8) is 0 Å². The SMILES string of the molecule is CCOc1ccc(-c2nc(-c3ccc(Cl)c(F)c3)c(CC(=O)O)s2)cc1. The van der Waals surface area contributed by atoms with Crippen LogP contribution in [0.1, 0.15) is 11.8 Å². The first-order chi connectivity index (χ1) is 12.5. The highest BCUT2D eigenvalue weighted by Gasteiger charge is 2.18. The number of carboxylic acid groups (broad SMARTS) is 1. The molecule has 1 heterocycles. The van der Waals surface area contributed by atoms with Crippen molar-refractivity contribution < 1.29 is 19.0 Å². The Morgan fingerprint density at radius 1 is 1.23 bits per heavy atom. The first-order valence-electron chi connectivity index (χ1n) is 7.88. The van der Waals surface area contributed by atoms with Gasteiger partial charge in [0.15, 0.2) is 0 Å². The van der Waals surface area contributed by atoms with Crippen molar-refractivity contribution in [2.75, 3.05) is 6.61 Å². The molecule has 0 saturated heterocycles. The number of halogens is 2. The minimum absolute atomic E-state index is 0.00972. The molecule has 0 aliphatic carbocycles. The molecule has 0 aliphatic rings. The van der Waals surface area contributed by atoms with E-state index in [0.717, 1.165) is 11.3 Å². The number of aromatic nitrogens is 1. The van der Waals surface area contributed by atoms with Crippen LogP contribution in [0.4, 0.5) is 4.39 Å². The standard InChI is InChI=1S/C19H15ClFNO3S/c1-2-25-13-6-3-11(4-7-13)19-22-18(16(26-19)10-17(23)24)12-5-8-14(20)15(21)9-12/h3-9H,2,10H2,1H3,(H,23,24). The molecule has 1 N–H and O–H groups in total. The lowest BCUT2D eigenvalue weighted by atomic mass is 10.1. The molecule has 0 spiro atoms. The molecular formula is C19H15ClFNO3S. The van der Waals surface area contributed by atoms with Crippen molar-refractivity contribution in [2.45, 2.75) is 13.3 Å². The number of benzene rings is 2. The van der Waals surface area contributed by atoms with E-state index in [2.05, 4.69) is 4.98 Å². The van der Waals surface area contributed by atoms with Crippen molar-refractivity contribution in [2.24, 2.45) is 0 Å². The van der Waals surface area contributed by atoms with E-state index in [0.29, 0.717) is 27.7 Å². The van der Waals surface area contributed by atoms with E-state index >= 15 is 0 Å². The Bertz CT molecular complexity index is 940. The van der Waals surface area contributed by atoms with Gasteiger partial charge in [-0.2, -0.15) is 0 Å². The summed E-state index contributed by atoms with van der Waals surface area (Å²) in [6.07, 6.45) is -0.186. The van der Waals surface area contributed by atoms with Crippen LogP contribution in [0.5, 0.6) is 5.75 Å². The van der Waals surface area contributed by atoms with Crippen molar-refractivity contribution in [1.82, 2.24) is 4.98 Å². The first-order valence-corrected chi connectivity index (χ1v) is 9.07. The van der Waals surface area contributed by atoms with E-state index in [1.54, 1.807) is 6.07 Å². The molecule has 1 aromatic heterocycles. The zero-order valence-electron chi connectivity index (χ0n) is 13.8. The Labute approximate surface area is 158 Å². The van der Waals surface area contributed by atoms with Gasteiger partial charge in [0, 0.05) is 16.0 Å². The van der Waals surface area contributed by atoms with Gasteiger partial charge in [0.05, 0.1) is 23.7 Å². The van der Waals surface area contributed by atoms with Crippen LogP contribution in [0.3, 0.4) is 0 Å². The molecule has 2 aromatic carbocycles. The quantitative estimate of drug-likeness (QED) is 0.619.